The van der Waals surface area contributed by atoms with Gasteiger partial charge in [-0.1, -0.05) is 36.4 Å². The van der Waals surface area contributed by atoms with Crippen LogP contribution in [0.15, 0.2) is 48.5 Å². The Balaban J connectivity index is 2.15. The molecular weight excluding hydrogens is 271 g/mol. The summed E-state index contributed by atoms with van der Waals surface area (Å²) in [6.07, 6.45) is 0. The summed E-state index contributed by atoms with van der Waals surface area (Å²) in [6.45, 7) is 0.460. The lowest BCUT2D eigenvalue weighted by atomic mass is 10.1. The number of ether oxygens (including phenoxy) is 1. The molecule has 21 heavy (non-hydrogen) atoms. The van der Waals surface area contributed by atoms with Gasteiger partial charge in [-0.15, -0.1) is 0 Å². The van der Waals surface area contributed by atoms with E-state index in [1.165, 1.54) is 19.2 Å². The predicted molar refractivity (Wildman–Crippen MR) is 78.2 cm³/mol. The number of halogens is 1. The molecule has 0 aromatic heterocycles. The Hall–Kier alpha value is -2.40. The number of nitrogens with two attached hydrogens (primary N) is 1. The molecule has 4 nitrogen and oxygen atoms in total. The molecule has 110 valence electrons. The molecule has 3 N–H and O–H groups in total. The van der Waals surface area contributed by atoms with Crippen molar-refractivity contribution in [1.29, 1.82) is 0 Å². The summed E-state index contributed by atoms with van der Waals surface area (Å²) in [5.74, 6) is -0.955. The maximum atomic E-state index is 13.7. The molecule has 1 unspecified atom stereocenters. The molecule has 0 bridgehead atoms. The molecule has 0 heterocycles. The summed E-state index contributed by atoms with van der Waals surface area (Å²) >= 11 is 0. The van der Waals surface area contributed by atoms with E-state index in [0.717, 1.165) is 5.56 Å². The lowest BCUT2D eigenvalue weighted by molar-refractivity contribution is -0.120. The second-order valence-corrected chi connectivity index (χ2v) is 4.60. The summed E-state index contributed by atoms with van der Waals surface area (Å²) in [7, 11) is 1.39. The van der Waals surface area contributed by atoms with Crippen LogP contribution in [-0.4, -0.2) is 13.0 Å². The molecule has 0 saturated carbocycles. The predicted octanol–water partition coefficient (Wildman–Crippen LogP) is 2.15. The van der Waals surface area contributed by atoms with Gasteiger partial charge in [0.2, 0.25) is 5.91 Å². The normalized spacial score (nSPS) is 11.9. The van der Waals surface area contributed by atoms with Crippen LogP contribution in [0.3, 0.4) is 0 Å². The number of nitrogens with one attached hydrogen (secondary N) is 1. The van der Waals surface area contributed by atoms with Crippen molar-refractivity contribution >= 4 is 5.91 Å². The van der Waals surface area contributed by atoms with Crippen LogP contribution in [0, 0.1) is 5.82 Å². The smallest absolute Gasteiger partial charge is 0.239 e. The van der Waals surface area contributed by atoms with Crippen LogP contribution in [0.5, 0.6) is 5.75 Å². The number of hydrogen-bond donors (Lipinski definition) is 2. The molecule has 2 aromatic carbocycles. The molecule has 5 heteroatoms. The van der Waals surface area contributed by atoms with E-state index >= 15 is 0 Å². The fourth-order valence-corrected chi connectivity index (χ4v) is 2.06. The van der Waals surface area contributed by atoms with E-state index in [1.807, 2.05) is 30.3 Å². The number of benzene rings is 2. The molecule has 0 aliphatic heterocycles. The van der Waals surface area contributed by atoms with Crippen molar-refractivity contribution in [2.45, 2.75) is 12.6 Å². The third kappa shape index (κ3) is 3.79. The first-order valence-electron chi connectivity index (χ1n) is 6.52. The highest BCUT2D eigenvalue weighted by molar-refractivity contribution is 5.81. The van der Waals surface area contributed by atoms with Gasteiger partial charge in [-0.05, 0) is 23.3 Å². The van der Waals surface area contributed by atoms with Crippen molar-refractivity contribution < 1.29 is 13.9 Å². The minimum atomic E-state index is -0.759. The van der Waals surface area contributed by atoms with E-state index < -0.39 is 17.8 Å². The molecule has 0 saturated heterocycles. The van der Waals surface area contributed by atoms with Crippen LogP contribution >= 0.6 is 0 Å². The highest BCUT2D eigenvalue weighted by Gasteiger charge is 2.18. The van der Waals surface area contributed by atoms with Crippen molar-refractivity contribution in [3.63, 3.8) is 0 Å². The fraction of sp³-hybridized carbons (Fsp3) is 0.188. The Morgan fingerprint density at radius 1 is 1.29 bits per heavy atom. The Bertz CT molecular complexity index is 617. The van der Waals surface area contributed by atoms with E-state index in [2.05, 4.69) is 5.32 Å². The Morgan fingerprint density at radius 3 is 2.57 bits per heavy atom. The second-order valence-electron chi connectivity index (χ2n) is 4.60. The van der Waals surface area contributed by atoms with Gasteiger partial charge in [-0.2, -0.15) is 0 Å². The van der Waals surface area contributed by atoms with Gasteiger partial charge in [-0.3, -0.25) is 10.1 Å². The zero-order chi connectivity index (χ0) is 15.2. The van der Waals surface area contributed by atoms with Gasteiger partial charge in [0.15, 0.2) is 11.6 Å². The highest BCUT2D eigenvalue weighted by atomic mass is 19.1. The van der Waals surface area contributed by atoms with Crippen molar-refractivity contribution in [3.8, 4) is 5.75 Å². The largest absolute Gasteiger partial charge is 0.494 e. The first kappa shape index (κ1) is 15.0. The van der Waals surface area contributed by atoms with Crippen LogP contribution in [0.25, 0.3) is 0 Å². The van der Waals surface area contributed by atoms with Gasteiger partial charge in [0, 0.05) is 6.54 Å². The summed E-state index contributed by atoms with van der Waals surface area (Å²) < 4.78 is 18.6. The number of carbonyl (C=O) groups is 1. The summed E-state index contributed by atoms with van der Waals surface area (Å²) in [5, 5.41) is 3.03. The lowest BCUT2D eigenvalue weighted by Crippen LogP contribution is -2.33. The number of primary amides is 1. The molecule has 0 spiro atoms. The molecule has 0 aliphatic carbocycles. The number of methoxy groups -OCH3 is 1. The lowest BCUT2D eigenvalue weighted by Gasteiger charge is -2.16. The zero-order valence-corrected chi connectivity index (χ0v) is 11.7. The standard InChI is InChI=1S/C16H17FN2O2/c1-21-14-8-7-12(9-13(14)17)15(16(18)20)19-10-11-5-3-2-4-6-11/h2-9,15,19H,10H2,1H3,(H2,18,20). The van der Waals surface area contributed by atoms with Crippen molar-refractivity contribution in [2.24, 2.45) is 5.73 Å². The number of carbonyl (C=O) groups excluding carboxylic acids is 1. The van der Waals surface area contributed by atoms with Gasteiger partial charge in [-0.25, -0.2) is 4.39 Å². The van der Waals surface area contributed by atoms with Crippen LogP contribution in [0.2, 0.25) is 0 Å². The third-order valence-electron chi connectivity index (χ3n) is 3.15. The van der Waals surface area contributed by atoms with Gasteiger partial charge >= 0.3 is 0 Å². The van der Waals surface area contributed by atoms with E-state index in [-0.39, 0.29) is 5.75 Å². The monoisotopic (exact) mass is 288 g/mol. The van der Waals surface area contributed by atoms with Gasteiger partial charge in [0.1, 0.15) is 6.04 Å². The Morgan fingerprint density at radius 2 is 2.00 bits per heavy atom. The average molecular weight is 288 g/mol. The quantitative estimate of drug-likeness (QED) is 0.856. The molecule has 0 radical (unpaired) electrons. The van der Waals surface area contributed by atoms with Crippen LogP contribution in [0.4, 0.5) is 4.39 Å². The first-order valence-corrected chi connectivity index (χ1v) is 6.52. The van der Waals surface area contributed by atoms with E-state index in [9.17, 15) is 9.18 Å². The summed E-state index contributed by atoms with van der Waals surface area (Å²) in [4.78, 5) is 11.6. The Labute approximate surface area is 122 Å². The van der Waals surface area contributed by atoms with Crippen molar-refractivity contribution in [3.05, 3.63) is 65.5 Å². The number of hydrogen-bond acceptors (Lipinski definition) is 3. The molecule has 1 amide bonds. The van der Waals surface area contributed by atoms with E-state index in [1.54, 1.807) is 6.07 Å². The second kappa shape index (κ2) is 6.85. The highest BCUT2D eigenvalue weighted by Crippen LogP contribution is 2.22. The zero-order valence-electron chi connectivity index (χ0n) is 11.7. The SMILES string of the molecule is COc1ccc(C(NCc2ccccc2)C(N)=O)cc1F. The van der Waals surface area contributed by atoms with Gasteiger partial charge < -0.3 is 10.5 Å². The van der Waals surface area contributed by atoms with Crippen molar-refractivity contribution in [2.75, 3.05) is 7.11 Å². The molecule has 0 fully saturated rings. The van der Waals surface area contributed by atoms with Crippen LogP contribution < -0.4 is 15.8 Å². The molecule has 2 aromatic rings. The van der Waals surface area contributed by atoms with E-state index in [0.29, 0.717) is 12.1 Å². The molecule has 0 aliphatic rings. The minimum Gasteiger partial charge on any atom is -0.494 e. The van der Waals surface area contributed by atoms with Gasteiger partial charge in [0.05, 0.1) is 7.11 Å². The number of rotatable bonds is 6. The third-order valence-corrected chi connectivity index (χ3v) is 3.15. The van der Waals surface area contributed by atoms with Crippen molar-refractivity contribution in [1.82, 2.24) is 5.32 Å². The summed E-state index contributed by atoms with van der Waals surface area (Å²) in [5.41, 5.74) is 6.88. The fourth-order valence-electron chi connectivity index (χ4n) is 2.06. The minimum absolute atomic E-state index is 0.130. The summed E-state index contributed by atoms with van der Waals surface area (Å²) in [6, 6.07) is 13.2. The maximum Gasteiger partial charge on any atom is 0.239 e. The Kier molecular flexibility index (Phi) is 4.90. The van der Waals surface area contributed by atoms with Crippen LogP contribution in [-0.2, 0) is 11.3 Å². The van der Waals surface area contributed by atoms with Crippen LogP contribution in [0.1, 0.15) is 17.2 Å². The average Bonchev–Trinajstić information content (AvgIpc) is 2.48. The molecule has 2 rings (SSSR count). The molecular formula is C16H17FN2O2. The molecule has 1 atom stereocenters. The topological polar surface area (TPSA) is 64.3 Å². The van der Waals surface area contributed by atoms with Gasteiger partial charge in [0.25, 0.3) is 0 Å². The first-order chi connectivity index (χ1) is 10.1. The maximum absolute atomic E-state index is 13.7. The van der Waals surface area contributed by atoms with E-state index in [4.69, 9.17) is 10.5 Å². The number of amides is 1.